The third-order valence-corrected chi connectivity index (χ3v) is 18.2. The zero-order valence-corrected chi connectivity index (χ0v) is 71.2. The predicted molar refractivity (Wildman–Crippen MR) is 431 cm³/mol. The molecule has 692 valence electrons. The number of cyclic esters (lactones) is 1. The second kappa shape index (κ2) is 60.5. The number of rotatable bonds is 55. The van der Waals surface area contributed by atoms with Crippen LogP contribution in [0.3, 0.4) is 0 Å². The molecule has 0 aliphatic carbocycles. The molecule has 0 saturated heterocycles. The minimum Gasteiger partial charge on any atom is -0.481 e. The monoisotopic (exact) mass is 1750 g/mol. The molecule has 5 heterocycles. The smallest absolute Gasteiger partial charge is 0.407 e. The number of alkyl carbamates (subject to hydrolysis) is 3. The van der Waals surface area contributed by atoms with Gasteiger partial charge in [-0.05, 0) is 57.2 Å². The van der Waals surface area contributed by atoms with Crippen LogP contribution >= 0.6 is 0 Å². The van der Waals surface area contributed by atoms with Gasteiger partial charge in [0.15, 0.2) is 25.2 Å². The van der Waals surface area contributed by atoms with E-state index in [1.165, 1.54) is 47.5 Å². The molecule has 123 heavy (non-hydrogen) atoms. The number of ether oxygens (including phenoxy) is 15. The maximum atomic E-state index is 13.7. The summed E-state index contributed by atoms with van der Waals surface area (Å²) in [5, 5.41) is 71.6. The lowest BCUT2D eigenvalue weighted by Crippen LogP contribution is -2.50. The molecule has 44 heteroatoms. The van der Waals surface area contributed by atoms with E-state index in [4.69, 9.17) is 102 Å². The number of aliphatic carboxylic acids is 1. The maximum Gasteiger partial charge on any atom is 0.407 e. The molecule has 0 radical (unpaired) electrons. The Morgan fingerprint density at radius 1 is 0.528 bits per heavy atom. The van der Waals surface area contributed by atoms with Gasteiger partial charge in [0, 0.05) is 129 Å². The number of hydrogen-bond donors (Lipinski definition) is 13. The average Bonchev–Trinajstić information content (AvgIpc) is 1.65. The highest BCUT2D eigenvalue weighted by molar-refractivity contribution is 6.13. The van der Waals surface area contributed by atoms with E-state index in [9.17, 15) is 67.4 Å². The lowest BCUT2D eigenvalue weighted by molar-refractivity contribution is -0.190. The van der Waals surface area contributed by atoms with Gasteiger partial charge in [-0.1, -0.05) is 52.8 Å². The third kappa shape index (κ3) is 39.1. The van der Waals surface area contributed by atoms with Gasteiger partial charge in [-0.2, -0.15) is 0 Å². The number of fused-ring (bicyclic) bond motifs is 5. The van der Waals surface area contributed by atoms with Crippen molar-refractivity contribution in [3.8, 4) is 11.4 Å². The van der Waals surface area contributed by atoms with E-state index >= 15 is 0 Å². The van der Waals surface area contributed by atoms with Gasteiger partial charge in [-0.25, -0.2) is 29.0 Å². The quantitative estimate of drug-likeness (QED) is 0.00883. The van der Waals surface area contributed by atoms with Crippen molar-refractivity contribution in [1.29, 1.82) is 0 Å². The van der Waals surface area contributed by atoms with Crippen molar-refractivity contribution in [1.82, 2.24) is 51.7 Å². The summed E-state index contributed by atoms with van der Waals surface area (Å²) in [5.74, 6) is -5.06. The Bertz CT molecular complexity index is 3830. The Morgan fingerprint density at radius 3 is 1.46 bits per heavy atom. The van der Waals surface area contributed by atoms with Crippen LogP contribution in [0.2, 0.25) is 0 Å². The summed E-state index contributed by atoms with van der Waals surface area (Å²) >= 11 is 0. The number of methoxy groups -OCH3 is 4. The first-order valence-electron chi connectivity index (χ1n) is 40.1. The van der Waals surface area contributed by atoms with Gasteiger partial charge < -0.3 is 143 Å². The number of aromatic nitrogens is 2. The van der Waals surface area contributed by atoms with E-state index in [0.29, 0.717) is 43.6 Å². The van der Waals surface area contributed by atoms with Crippen LogP contribution in [-0.2, 0) is 133 Å². The molecular weight excluding hydrogens is 1630 g/mol. The van der Waals surface area contributed by atoms with Gasteiger partial charge in [0.25, 0.3) is 17.4 Å². The molecule has 0 fully saturated rings. The number of carboxylic acids is 1. The number of carboxylic acid groups (broad SMARTS) is 1. The van der Waals surface area contributed by atoms with Crippen molar-refractivity contribution >= 4 is 82.5 Å². The van der Waals surface area contributed by atoms with Crippen LogP contribution in [0.1, 0.15) is 122 Å². The van der Waals surface area contributed by atoms with Crippen LogP contribution < -0.4 is 42.8 Å². The molecule has 2 aromatic heterocycles. The fraction of sp³-hybridized carbons (Fsp3) is 0.646. The number of carbonyl (C=O) groups excluding carboxylic acids is 11. The van der Waals surface area contributed by atoms with Crippen LogP contribution in [0.15, 0.2) is 53.3 Å². The lowest BCUT2D eigenvalue weighted by Gasteiger charge is -2.36. The molecule has 3 aliphatic heterocycles. The molecule has 3 aromatic rings. The number of benzene rings is 1. The van der Waals surface area contributed by atoms with Gasteiger partial charge in [0.1, 0.15) is 32.5 Å². The third-order valence-electron chi connectivity index (χ3n) is 18.2. The maximum absolute atomic E-state index is 13.7. The van der Waals surface area contributed by atoms with Gasteiger partial charge in [-0.3, -0.25) is 43.3 Å². The highest BCUT2D eigenvalue weighted by Crippen LogP contribution is 2.41. The number of nitrogens with zero attached hydrogens (tertiary/aromatic N) is 3. The molecule has 0 bridgehead atoms. The first kappa shape index (κ1) is 107. The van der Waals surface area contributed by atoms with Crippen molar-refractivity contribution in [2.75, 3.05) is 154 Å². The molecule has 6 rings (SSSR count). The van der Waals surface area contributed by atoms with Crippen molar-refractivity contribution < 1.29 is 159 Å². The number of hydrogen-bond acceptors (Lipinski definition) is 34. The number of aliphatic hydroxyl groups is 5. The van der Waals surface area contributed by atoms with Crippen molar-refractivity contribution in [2.45, 2.75) is 180 Å². The Morgan fingerprint density at radius 2 is 0.984 bits per heavy atom. The number of para-hydroxylation sites is 1. The molecule has 44 nitrogen and oxygen atoms in total. The highest BCUT2D eigenvalue weighted by Gasteiger charge is 2.51. The topological polar surface area (TPSA) is 587 Å². The van der Waals surface area contributed by atoms with E-state index in [0.717, 1.165) is 21.4 Å². The molecule has 13 N–H and O–H groups in total. The fourth-order valence-electron chi connectivity index (χ4n) is 11.0. The summed E-state index contributed by atoms with van der Waals surface area (Å²) in [4.78, 5) is 162. The Kier molecular flexibility index (Phi) is 52.7. The van der Waals surface area contributed by atoms with Crippen LogP contribution in [0.25, 0.3) is 22.3 Å². The number of esters is 2. The molecule has 10 atom stereocenters. The normalized spacial score (nSPS) is 15.7. The number of pyridine rings is 2. The van der Waals surface area contributed by atoms with Crippen LogP contribution in [-0.4, -0.2) is 326 Å². The number of carbonyl (C=O) groups is 12. The van der Waals surface area contributed by atoms with E-state index in [1.54, 1.807) is 17.6 Å². The fourth-order valence-corrected chi connectivity index (χ4v) is 11.0. The van der Waals surface area contributed by atoms with E-state index in [1.807, 2.05) is 58.0 Å². The van der Waals surface area contributed by atoms with Crippen LogP contribution in [0.4, 0.5) is 14.4 Å². The first-order valence-corrected chi connectivity index (χ1v) is 40.1. The Balaban J connectivity index is 0.000000480. The number of aliphatic hydroxyl groups excluding tert-OH is 5. The summed E-state index contributed by atoms with van der Waals surface area (Å²) in [6.45, 7) is 10.7. The minimum atomic E-state index is -1.93. The van der Waals surface area contributed by atoms with Gasteiger partial charge >= 0.3 is 36.2 Å². The van der Waals surface area contributed by atoms with Crippen molar-refractivity contribution in [3.05, 3.63) is 75.6 Å². The van der Waals surface area contributed by atoms with Crippen LogP contribution in [0, 0.1) is 0 Å². The SMILES string of the molecule is CCC(CO)OC(CO)OC.CCC(CO)OC(COC(=O)NCCC(=O)NCCNC(=O)CCOCCOCCNC(=O)CCN1C(=O)C=CC1=O)OC.CCC(CO)OC(COC(=O)NCCC(=O)N[C@@H](C)C(=O)O[C@]1(CC)C(=O)OCc2c1cc1n(c2=O)Cc2cc3ccccc3nc2-1)OC.CCC(CO)OC(COC(=O)NCCC(=O)O)OC. The molecule has 0 saturated carbocycles. The number of amides is 9. The molecule has 1 aromatic carbocycles. The first-order chi connectivity index (χ1) is 59.0. The summed E-state index contributed by atoms with van der Waals surface area (Å²) < 4.78 is 79.5. The van der Waals surface area contributed by atoms with Crippen molar-refractivity contribution in [3.63, 3.8) is 0 Å². The van der Waals surface area contributed by atoms with Gasteiger partial charge in [0.2, 0.25) is 29.2 Å². The summed E-state index contributed by atoms with van der Waals surface area (Å²) in [6, 6.07) is 10.1. The van der Waals surface area contributed by atoms with E-state index < -0.39 is 103 Å². The summed E-state index contributed by atoms with van der Waals surface area (Å²) in [7, 11) is 5.60. The molecule has 3 aliphatic rings. The summed E-state index contributed by atoms with van der Waals surface area (Å²) in [5.41, 5.74) is 0.824. The molecule has 8 unspecified atom stereocenters. The van der Waals surface area contributed by atoms with E-state index in [-0.39, 0.29) is 217 Å². The Hall–Kier alpha value is -10.0. The van der Waals surface area contributed by atoms with Gasteiger partial charge in [0.05, 0.1) is 119 Å². The van der Waals surface area contributed by atoms with Gasteiger partial charge in [-0.15, -0.1) is 0 Å². The van der Waals surface area contributed by atoms with E-state index in [2.05, 4.69) is 37.2 Å². The zero-order valence-electron chi connectivity index (χ0n) is 71.2. The molecule has 9 amide bonds. The zero-order chi connectivity index (χ0) is 91.2. The largest absolute Gasteiger partial charge is 0.481 e. The Labute approximate surface area is 711 Å². The number of imide groups is 1. The van der Waals surface area contributed by atoms with Crippen molar-refractivity contribution in [2.24, 2.45) is 0 Å². The number of nitrogens with one attached hydrogen (secondary N) is 7. The molecular formula is C79H122N10O34. The average molecular weight is 1760 g/mol. The standard InChI is InChI=1S/C34H40N4O11.C27H45N5O12.C11H21NO7.C7H16O4/c1-5-22(16-39)48-28(45-4)18-47-33(44)35-12-11-27(40)36-19(3)31(42)49-34(6-2)24-14-26-29-21(13-20-9-7-8-10-25(20)37-29)15-38(26)30(41)23(24)17-46-32(34)43;1-3-20(18-33)44-26(40-2)19-43-27(39)31-9-6-21(34)28-10-11-29-23(36)8-14-41-16-17-42-15-12-30-22(35)7-13-32-24(37)4-5-25(32)38;1-3-8(6-13)19-10(17-2)7-18-11(16)12-5-4-9(14)15;1-3-6(4-8)11-7(5-9)10-2/h7-10,13-14,19,22,28,39H,5-6,11-12,15-18H2,1-4H3,(H,35,44)(H,36,40);4-5,20,26,33H,3,6-19H2,1-2H3,(H,28,34)(H,29,36)(H,30,35)(H,31,39);8,10,13H,3-7H2,1-2H3,(H,12,16)(H,14,15);6-9H,3-5H2,1-2H3/t19-,22?,28?,34-;;;/m0.../s1. The minimum absolute atomic E-state index is 0.00704. The lowest BCUT2D eigenvalue weighted by atomic mass is 9.85. The highest BCUT2D eigenvalue weighted by atomic mass is 16.7. The second-order valence-electron chi connectivity index (χ2n) is 26.9. The summed E-state index contributed by atoms with van der Waals surface area (Å²) in [6.07, 6.45) is -2.48. The molecule has 0 spiro atoms. The van der Waals surface area contributed by atoms with Crippen LogP contribution in [0.5, 0.6) is 0 Å². The predicted octanol–water partition coefficient (Wildman–Crippen LogP) is -0.353. The second-order valence-corrected chi connectivity index (χ2v) is 26.9.